The van der Waals surface area contributed by atoms with Gasteiger partial charge in [-0.15, -0.1) is 0 Å². The van der Waals surface area contributed by atoms with Gasteiger partial charge in [0.05, 0.1) is 0 Å². The van der Waals surface area contributed by atoms with Gasteiger partial charge in [-0.2, -0.15) is 0 Å². The Bertz CT molecular complexity index is 1700. The fourth-order valence-electron chi connectivity index (χ4n) is 4.83. The number of nitrogens with zero attached hydrogens (tertiary/aromatic N) is 2. The topological polar surface area (TPSA) is 74.8 Å². The molecule has 170 valence electrons. The molecule has 7 rings (SSSR count). The zero-order valence-electron chi connectivity index (χ0n) is 18.4. The molecule has 3 aromatic heterocycles. The number of fused-ring (bicyclic) bond motifs is 5. The molecule has 35 heavy (non-hydrogen) atoms. The van der Waals surface area contributed by atoms with Gasteiger partial charge in [0, 0.05) is 0 Å². The Morgan fingerprint density at radius 2 is 1.17 bits per heavy atom. The molecule has 0 aliphatic carbocycles. The maximum absolute atomic E-state index is 12.8. The van der Waals surface area contributed by atoms with Crippen molar-refractivity contribution < 1.29 is 19.2 Å². The summed E-state index contributed by atoms with van der Waals surface area (Å²) in [4.78, 5) is 54.7. The molecule has 5 aromatic rings. The molecule has 0 bridgehead atoms. The summed E-state index contributed by atoms with van der Waals surface area (Å²) in [6, 6.07) is 15.2. The molecular weight excluding hydrogens is 547 g/mol. The van der Waals surface area contributed by atoms with Crippen LogP contribution in [0, 0.1) is 0 Å². The monoisotopic (exact) mass is 562 g/mol. The number of hydrogen-bond acceptors (Lipinski definition) is 6. The molecule has 0 N–H and O–H groups in total. The number of carbonyl (C=O) groups is 4. The van der Waals surface area contributed by atoms with Crippen LogP contribution in [-0.4, -0.2) is 62.0 Å². The van der Waals surface area contributed by atoms with Crippen molar-refractivity contribution in [3.8, 4) is 20.9 Å². The van der Waals surface area contributed by atoms with E-state index in [0.717, 1.165) is 26.3 Å². The molecule has 2 aliphatic heterocycles. The van der Waals surface area contributed by atoms with Crippen LogP contribution in [0.3, 0.4) is 0 Å². The van der Waals surface area contributed by atoms with Gasteiger partial charge in [0.25, 0.3) is 0 Å². The maximum atomic E-state index is 12.8. The molecule has 0 fully saturated rings. The Kier molecular flexibility index (Phi) is 4.24. The fraction of sp³-hybridized carbons (Fsp3) is 0.0769. The van der Waals surface area contributed by atoms with Crippen LogP contribution in [0.4, 0.5) is 0 Å². The number of carbonyl (C=O) groups excluding carboxylic acids is 4. The van der Waals surface area contributed by atoms with E-state index in [-0.39, 0.29) is 38.1 Å². The van der Waals surface area contributed by atoms with Crippen LogP contribution in [0.2, 0.25) is 0 Å². The van der Waals surface area contributed by atoms with Crippen molar-refractivity contribution >= 4 is 78.7 Å². The fourth-order valence-corrected chi connectivity index (χ4v) is 10.8. The van der Waals surface area contributed by atoms with E-state index in [1.165, 1.54) is 36.4 Å². The van der Waals surface area contributed by atoms with Gasteiger partial charge in [-0.05, 0) is 0 Å². The molecule has 2 aromatic carbocycles. The number of amides is 4. The minimum atomic E-state index is -0.265. The number of thiophene rings is 2. The molecule has 0 spiro atoms. The Balaban J connectivity index is 1.38. The van der Waals surface area contributed by atoms with Crippen molar-refractivity contribution in [3.63, 3.8) is 0 Å². The van der Waals surface area contributed by atoms with E-state index in [1.54, 1.807) is 34.8 Å². The second-order valence-electron chi connectivity index (χ2n) is 8.51. The third kappa shape index (κ3) is 2.69. The molecular formula is C26H14N2O4S2Se. The van der Waals surface area contributed by atoms with E-state index in [9.17, 15) is 19.2 Å². The first kappa shape index (κ1) is 21.0. The van der Waals surface area contributed by atoms with Gasteiger partial charge in [0.15, 0.2) is 0 Å². The molecule has 0 atom stereocenters. The molecule has 0 saturated heterocycles. The number of benzene rings is 2. The third-order valence-electron chi connectivity index (χ3n) is 6.61. The van der Waals surface area contributed by atoms with Crippen LogP contribution in [0.15, 0.2) is 48.5 Å². The van der Waals surface area contributed by atoms with Gasteiger partial charge >= 0.3 is 213 Å². The summed E-state index contributed by atoms with van der Waals surface area (Å²) in [7, 11) is 3.03. The van der Waals surface area contributed by atoms with Crippen LogP contribution >= 0.6 is 22.7 Å². The zero-order chi connectivity index (χ0) is 24.2. The second kappa shape index (κ2) is 7.08. The predicted molar refractivity (Wildman–Crippen MR) is 138 cm³/mol. The van der Waals surface area contributed by atoms with Crippen molar-refractivity contribution in [1.82, 2.24) is 9.80 Å². The molecule has 6 nitrogen and oxygen atoms in total. The summed E-state index contributed by atoms with van der Waals surface area (Å²) >= 11 is 3.41. The van der Waals surface area contributed by atoms with E-state index in [1.807, 2.05) is 24.3 Å². The van der Waals surface area contributed by atoms with Gasteiger partial charge in [0.2, 0.25) is 0 Å². The molecule has 2 aliphatic rings. The van der Waals surface area contributed by atoms with Crippen molar-refractivity contribution in [1.29, 1.82) is 0 Å². The van der Waals surface area contributed by atoms with E-state index < -0.39 is 0 Å². The Hall–Kier alpha value is -3.36. The molecule has 4 amide bonds. The molecule has 5 heterocycles. The van der Waals surface area contributed by atoms with Gasteiger partial charge in [-0.3, -0.25) is 0 Å². The Morgan fingerprint density at radius 3 is 1.74 bits per heavy atom. The van der Waals surface area contributed by atoms with Crippen molar-refractivity contribution in [2.24, 2.45) is 0 Å². The van der Waals surface area contributed by atoms with Gasteiger partial charge in [-0.1, -0.05) is 0 Å². The van der Waals surface area contributed by atoms with Crippen molar-refractivity contribution in [2.45, 2.75) is 0 Å². The normalized spacial score (nSPS) is 15.3. The first-order chi connectivity index (χ1) is 16.8. The molecule has 0 unspecified atom stereocenters. The third-order valence-corrected chi connectivity index (χ3v) is 12.0. The van der Waals surface area contributed by atoms with Crippen LogP contribution in [-0.2, 0) is 0 Å². The van der Waals surface area contributed by atoms with E-state index in [4.69, 9.17) is 0 Å². The summed E-state index contributed by atoms with van der Waals surface area (Å²) in [6.07, 6.45) is 0. The summed E-state index contributed by atoms with van der Waals surface area (Å²) in [5.41, 5.74) is 3.46. The van der Waals surface area contributed by atoms with E-state index in [2.05, 4.69) is 12.1 Å². The summed E-state index contributed by atoms with van der Waals surface area (Å²) < 4.78 is 3.72. The van der Waals surface area contributed by atoms with Crippen molar-refractivity contribution in [3.05, 3.63) is 70.8 Å². The molecule has 0 saturated carbocycles. The Labute approximate surface area is 212 Å². The van der Waals surface area contributed by atoms with Crippen LogP contribution in [0.1, 0.15) is 41.4 Å². The molecule has 0 radical (unpaired) electrons. The summed E-state index contributed by atoms with van der Waals surface area (Å²) in [6.45, 7) is 0. The summed E-state index contributed by atoms with van der Waals surface area (Å²) in [5.74, 6) is -1.06. The second-order valence-corrected chi connectivity index (χ2v) is 13.4. The van der Waals surface area contributed by atoms with Crippen molar-refractivity contribution in [2.75, 3.05) is 14.1 Å². The quantitative estimate of drug-likeness (QED) is 0.226. The van der Waals surface area contributed by atoms with E-state index in [0.29, 0.717) is 22.3 Å². The van der Waals surface area contributed by atoms with Crippen LogP contribution in [0.5, 0.6) is 0 Å². The first-order valence-corrected chi connectivity index (χ1v) is 14.1. The SMILES string of the molecule is CN1C(=O)c2cccc(-c3cc4c(s3)[se]c3cc(-c5cccc6c5C(=O)N(C)C6=O)sc34)c2C1=O. The standard InChI is InChI=1S/C26H14N2O4S2Se/c1-27-22(29)13-7-3-5-11(19(13)24(27)31)16-9-15-21-18(35-26(15)34-16)10-17(33-21)12-6-4-8-14-20(12)25(32)28(2)23(14)30/h3-10H,1-2H3. The van der Waals surface area contributed by atoms with Crippen LogP contribution in [0.25, 0.3) is 38.8 Å². The average Bonchev–Trinajstić information content (AvgIpc) is 3.62. The number of hydrogen-bond donors (Lipinski definition) is 0. The molecule has 9 heteroatoms. The van der Waals surface area contributed by atoms with Gasteiger partial charge < -0.3 is 0 Å². The first-order valence-electron chi connectivity index (χ1n) is 10.7. The Morgan fingerprint density at radius 1 is 0.657 bits per heavy atom. The summed E-state index contributed by atoms with van der Waals surface area (Å²) in [5, 5.41) is 1.16. The number of rotatable bonds is 2. The van der Waals surface area contributed by atoms with E-state index >= 15 is 0 Å². The van der Waals surface area contributed by atoms with Gasteiger partial charge in [0.1, 0.15) is 0 Å². The van der Waals surface area contributed by atoms with Crippen LogP contribution < -0.4 is 0 Å². The zero-order valence-corrected chi connectivity index (χ0v) is 21.7. The minimum absolute atomic E-state index is 0.103. The average molecular weight is 562 g/mol. The predicted octanol–water partition coefficient (Wildman–Crippen LogP) is 4.96. The van der Waals surface area contributed by atoms with Gasteiger partial charge in [-0.25, -0.2) is 0 Å². The number of imide groups is 2.